The lowest BCUT2D eigenvalue weighted by atomic mass is 10.1. The minimum absolute atomic E-state index is 0.278. The highest BCUT2D eigenvalue weighted by atomic mass is 35.5. The Morgan fingerprint density at radius 1 is 1.19 bits per heavy atom. The number of ether oxygens (including phenoxy) is 2. The van der Waals surface area contributed by atoms with Crippen molar-refractivity contribution in [3.8, 4) is 11.5 Å². The topological polar surface area (TPSA) is 83.2 Å². The fraction of sp³-hybridized carbons (Fsp3) is 0.278. The summed E-state index contributed by atoms with van der Waals surface area (Å²) in [6.45, 7) is 4.11. The van der Waals surface area contributed by atoms with Crippen LogP contribution in [0.15, 0.2) is 30.6 Å². The van der Waals surface area contributed by atoms with E-state index in [0.29, 0.717) is 40.1 Å². The van der Waals surface area contributed by atoms with Crippen LogP contribution in [0.3, 0.4) is 0 Å². The summed E-state index contributed by atoms with van der Waals surface area (Å²) in [5, 5.41) is 12.1. The summed E-state index contributed by atoms with van der Waals surface area (Å²) in [6.07, 6.45) is 3.27. The van der Waals surface area contributed by atoms with Gasteiger partial charge in [0.05, 0.1) is 42.5 Å². The number of aryl methyl sites for hydroxylation is 1. The van der Waals surface area contributed by atoms with Gasteiger partial charge in [-0.05, 0) is 26.0 Å². The molecule has 0 atom stereocenters. The van der Waals surface area contributed by atoms with Crippen molar-refractivity contribution in [1.82, 2.24) is 19.6 Å². The smallest absolute Gasteiger partial charge is 0.256 e. The Morgan fingerprint density at radius 3 is 2.41 bits per heavy atom. The molecule has 142 valence electrons. The van der Waals surface area contributed by atoms with E-state index in [1.807, 2.05) is 13.8 Å². The van der Waals surface area contributed by atoms with E-state index in [2.05, 4.69) is 15.5 Å². The molecule has 3 rings (SSSR count). The van der Waals surface area contributed by atoms with E-state index in [1.165, 1.54) is 14.2 Å². The second-order valence-corrected chi connectivity index (χ2v) is 6.38. The molecule has 9 heteroatoms. The largest absolute Gasteiger partial charge is 0.497 e. The molecule has 2 aromatic heterocycles. The molecule has 0 saturated carbocycles. The zero-order chi connectivity index (χ0) is 19.6. The number of carbonyl (C=O) groups excluding carboxylic acids is 1. The van der Waals surface area contributed by atoms with Crippen molar-refractivity contribution in [3.05, 3.63) is 52.6 Å². The predicted octanol–water partition coefficient (Wildman–Crippen LogP) is 3.13. The molecular formula is C18H20ClN5O3. The third-order valence-electron chi connectivity index (χ3n) is 4.11. The maximum atomic E-state index is 12.7. The van der Waals surface area contributed by atoms with Gasteiger partial charge in [0.1, 0.15) is 18.2 Å². The monoisotopic (exact) mass is 389 g/mol. The van der Waals surface area contributed by atoms with Gasteiger partial charge in [-0.3, -0.25) is 4.79 Å². The highest BCUT2D eigenvalue weighted by molar-refractivity contribution is 6.30. The lowest BCUT2D eigenvalue weighted by Crippen LogP contribution is -2.14. The van der Waals surface area contributed by atoms with Gasteiger partial charge in [-0.2, -0.15) is 10.2 Å². The first kappa shape index (κ1) is 18.8. The van der Waals surface area contributed by atoms with Crippen LogP contribution in [-0.4, -0.2) is 39.7 Å². The fourth-order valence-corrected chi connectivity index (χ4v) is 2.85. The van der Waals surface area contributed by atoms with Crippen LogP contribution in [0.4, 0.5) is 5.69 Å². The van der Waals surface area contributed by atoms with E-state index in [-0.39, 0.29) is 5.91 Å². The third kappa shape index (κ3) is 4.06. The predicted molar refractivity (Wildman–Crippen MR) is 102 cm³/mol. The summed E-state index contributed by atoms with van der Waals surface area (Å²) in [5.74, 6) is 0.804. The summed E-state index contributed by atoms with van der Waals surface area (Å²) >= 11 is 5.90. The third-order valence-corrected chi connectivity index (χ3v) is 4.31. The summed E-state index contributed by atoms with van der Waals surface area (Å²) in [4.78, 5) is 12.7. The van der Waals surface area contributed by atoms with Crippen molar-refractivity contribution >= 4 is 23.2 Å². The van der Waals surface area contributed by atoms with E-state index in [4.69, 9.17) is 21.1 Å². The number of carbonyl (C=O) groups is 1. The summed E-state index contributed by atoms with van der Waals surface area (Å²) in [7, 11) is 3.08. The minimum Gasteiger partial charge on any atom is -0.497 e. The number of rotatable bonds is 6. The van der Waals surface area contributed by atoms with Gasteiger partial charge in [0.2, 0.25) is 0 Å². The average molecular weight is 390 g/mol. The molecule has 0 fully saturated rings. The maximum Gasteiger partial charge on any atom is 0.256 e. The SMILES string of the molecule is COc1cc(OC)cc(C(=O)Nc2c(C)nn(Cn3cc(Cl)cn3)c2C)c1. The molecule has 0 aliphatic heterocycles. The molecule has 1 amide bonds. The van der Waals surface area contributed by atoms with Crippen molar-refractivity contribution in [2.75, 3.05) is 19.5 Å². The number of nitrogens with one attached hydrogen (secondary N) is 1. The molecular weight excluding hydrogens is 370 g/mol. The van der Waals surface area contributed by atoms with E-state index in [0.717, 1.165) is 5.69 Å². The van der Waals surface area contributed by atoms with Crippen LogP contribution in [0, 0.1) is 13.8 Å². The molecule has 3 aromatic rings. The number of hydrogen-bond acceptors (Lipinski definition) is 5. The van der Waals surface area contributed by atoms with Crippen molar-refractivity contribution in [2.24, 2.45) is 0 Å². The first-order valence-electron chi connectivity index (χ1n) is 8.17. The van der Waals surface area contributed by atoms with E-state index < -0.39 is 0 Å². The van der Waals surface area contributed by atoms with Gasteiger partial charge in [-0.1, -0.05) is 11.6 Å². The Kier molecular flexibility index (Phi) is 5.36. The van der Waals surface area contributed by atoms with Crippen molar-refractivity contribution in [3.63, 3.8) is 0 Å². The van der Waals surface area contributed by atoms with Crippen molar-refractivity contribution in [1.29, 1.82) is 0 Å². The number of anilines is 1. The first-order chi connectivity index (χ1) is 12.9. The number of nitrogens with zero attached hydrogens (tertiary/aromatic N) is 4. The number of methoxy groups -OCH3 is 2. The van der Waals surface area contributed by atoms with Gasteiger partial charge in [-0.15, -0.1) is 0 Å². The second-order valence-electron chi connectivity index (χ2n) is 5.94. The number of hydrogen-bond donors (Lipinski definition) is 1. The van der Waals surface area contributed by atoms with Crippen LogP contribution in [-0.2, 0) is 6.67 Å². The highest BCUT2D eigenvalue weighted by Crippen LogP contribution is 2.25. The standard InChI is InChI=1S/C18H20ClN5O3/c1-11-17(12(2)24(22-11)10-23-9-14(19)8-20-23)21-18(25)13-5-15(26-3)7-16(6-13)27-4/h5-9H,10H2,1-4H3,(H,21,25). The Balaban J connectivity index is 1.84. The van der Waals surface area contributed by atoms with Crippen molar-refractivity contribution in [2.45, 2.75) is 20.5 Å². The van der Waals surface area contributed by atoms with E-state index in [1.54, 1.807) is 40.0 Å². The zero-order valence-electron chi connectivity index (χ0n) is 15.5. The molecule has 0 aliphatic carbocycles. The summed E-state index contributed by atoms with van der Waals surface area (Å²) in [6, 6.07) is 5.01. The number of halogens is 1. The molecule has 1 aromatic carbocycles. The Morgan fingerprint density at radius 2 is 1.85 bits per heavy atom. The van der Waals surface area contributed by atoms with Gasteiger partial charge in [-0.25, -0.2) is 9.36 Å². The molecule has 0 spiro atoms. The van der Waals surface area contributed by atoms with Crippen molar-refractivity contribution < 1.29 is 14.3 Å². The minimum atomic E-state index is -0.278. The van der Waals surface area contributed by atoms with Gasteiger partial charge < -0.3 is 14.8 Å². The maximum absolute atomic E-state index is 12.7. The van der Waals surface area contributed by atoms with Crippen LogP contribution in [0.1, 0.15) is 21.7 Å². The van der Waals surface area contributed by atoms with Crippen LogP contribution < -0.4 is 14.8 Å². The van der Waals surface area contributed by atoms with Crippen LogP contribution in [0.2, 0.25) is 5.02 Å². The molecule has 0 aliphatic rings. The molecule has 2 heterocycles. The normalized spacial score (nSPS) is 10.7. The van der Waals surface area contributed by atoms with Crippen LogP contribution in [0.5, 0.6) is 11.5 Å². The Hall–Kier alpha value is -3.00. The number of aromatic nitrogens is 4. The molecule has 0 saturated heterocycles. The number of amides is 1. The van der Waals surface area contributed by atoms with Gasteiger partial charge in [0.15, 0.2) is 0 Å². The zero-order valence-corrected chi connectivity index (χ0v) is 16.2. The molecule has 1 N–H and O–H groups in total. The second kappa shape index (κ2) is 7.71. The van der Waals surface area contributed by atoms with E-state index >= 15 is 0 Å². The lowest BCUT2D eigenvalue weighted by Gasteiger charge is -2.10. The fourth-order valence-electron chi connectivity index (χ4n) is 2.69. The summed E-state index contributed by atoms with van der Waals surface area (Å²) < 4.78 is 13.9. The van der Waals surface area contributed by atoms with Gasteiger partial charge >= 0.3 is 0 Å². The van der Waals surface area contributed by atoms with E-state index in [9.17, 15) is 4.79 Å². The first-order valence-corrected chi connectivity index (χ1v) is 8.55. The molecule has 0 unspecified atom stereocenters. The quantitative estimate of drug-likeness (QED) is 0.700. The highest BCUT2D eigenvalue weighted by Gasteiger charge is 2.17. The molecule has 27 heavy (non-hydrogen) atoms. The lowest BCUT2D eigenvalue weighted by molar-refractivity contribution is 0.102. The molecule has 0 bridgehead atoms. The average Bonchev–Trinajstić information content (AvgIpc) is 3.19. The Labute approximate surface area is 161 Å². The summed E-state index contributed by atoms with van der Waals surface area (Å²) in [5.41, 5.74) is 2.59. The number of benzene rings is 1. The van der Waals surface area contributed by atoms with Crippen LogP contribution >= 0.6 is 11.6 Å². The molecule has 8 nitrogen and oxygen atoms in total. The van der Waals surface area contributed by atoms with Crippen LogP contribution in [0.25, 0.3) is 0 Å². The molecule has 0 radical (unpaired) electrons. The van der Waals surface area contributed by atoms with Gasteiger partial charge in [0.25, 0.3) is 5.91 Å². The Bertz CT molecular complexity index is 957. The van der Waals surface area contributed by atoms with Gasteiger partial charge in [0, 0.05) is 17.8 Å².